The number of rotatable bonds is 4. The molecule has 0 aromatic carbocycles. The Morgan fingerprint density at radius 1 is 1.28 bits per heavy atom. The van der Waals surface area contributed by atoms with E-state index in [-0.39, 0.29) is 6.04 Å². The van der Waals surface area contributed by atoms with Crippen LogP contribution in [-0.2, 0) is 7.05 Å². The van der Waals surface area contributed by atoms with Gasteiger partial charge in [0.15, 0.2) is 0 Å². The lowest BCUT2D eigenvalue weighted by atomic mass is 10.3. The molecule has 0 aliphatic heterocycles. The molecule has 2 rings (SSSR count). The quantitative estimate of drug-likeness (QED) is 0.895. The molecule has 96 valence electrons. The number of hydrogen-bond donors (Lipinski definition) is 1. The third-order valence-electron chi connectivity index (χ3n) is 2.83. The summed E-state index contributed by atoms with van der Waals surface area (Å²) in [7, 11) is 5.95. The highest BCUT2D eigenvalue weighted by molar-refractivity contribution is 5.48. The van der Waals surface area contributed by atoms with Gasteiger partial charge < -0.3 is 14.8 Å². The van der Waals surface area contributed by atoms with Gasteiger partial charge in [-0.15, -0.1) is 0 Å². The highest BCUT2D eigenvalue weighted by Crippen LogP contribution is 2.18. The van der Waals surface area contributed by atoms with Crippen LogP contribution in [0.2, 0.25) is 0 Å². The molecule has 2 aromatic rings. The van der Waals surface area contributed by atoms with E-state index >= 15 is 0 Å². The highest BCUT2D eigenvalue weighted by Gasteiger charge is 2.10. The zero-order valence-corrected chi connectivity index (χ0v) is 11.3. The standard InChI is InChI=1S/C13H19N5/c1-10(13-14-7-8-18(13)4)16-11-5-6-12(15-9-11)17(2)3/h5-10,16H,1-4H3. The number of nitrogens with zero attached hydrogens (tertiary/aromatic N) is 4. The summed E-state index contributed by atoms with van der Waals surface area (Å²) in [6, 6.07) is 4.17. The second-order valence-electron chi connectivity index (χ2n) is 4.56. The molecule has 0 radical (unpaired) electrons. The minimum absolute atomic E-state index is 0.150. The Hall–Kier alpha value is -2.04. The second-order valence-corrected chi connectivity index (χ2v) is 4.56. The second kappa shape index (κ2) is 5.08. The van der Waals surface area contributed by atoms with Crippen molar-refractivity contribution < 1.29 is 0 Å². The normalized spacial score (nSPS) is 12.2. The Morgan fingerprint density at radius 3 is 2.56 bits per heavy atom. The Morgan fingerprint density at radius 2 is 2.06 bits per heavy atom. The van der Waals surface area contributed by atoms with Crippen molar-refractivity contribution in [3.05, 3.63) is 36.5 Å². The van der Waals surface area contributed by atoms with Gasteiger partial charge in [-0.25, -0.2) is 9.97 Å². The van der Waals surface area contributed by atoms with Gasteiger partial charge in [-0.2, -0.15) is 0 Å². The molecule has 18 heavy (non-hydrogen) atoms. The fraction of sp³-hybridized carbons (Fsp3) is 0.385. The van der Waals surface area contributed by atoms with E-state index in [1.54, 1.807) is 6.20 Å². The molecule has 0 fully saturated rings. The van der Waals surface area contributed by atoms with Crippen LogP contribution in [-0.4, -0.2) is 28.6 Å². The number of nitrogens with one attached hydrogen (secondary N) is 1. The first-order valence-corrected chi connectivity index (χ1v) is 5.95. The average Bonchev–Trinajstić information content (AvgIpc) is 2.76. The summed E-state index contributed by atoms with van der Waals surface area (Å²) in [6.45, 7) is 2.09. The van der Waals surface area contributed by atoms with Crippen molar-refractivity contribution in [2.45, 2.75) is 13.0 Å². The minimum Gasteiger partial charge on any atom is -0.374 e. The van der Waals surface area contributed by atoms with E-state index in [9.17, 15) is 0 Å². The van der Waals surface area contributed by atoms with Gasteiger partial charge >= 0.3 is 0 Å². The number of anilines is 2. The van der Waals surface area contributed by atoms with Crippen LogP contribution < -0.4 is 10.2 Å². The van der Waals surface area contributed by atoms with E-state index in [0.717, 1.165) is 17.3 Å². The summed E-state index contributed by atoms with van der Waals surface area (Å²) in [5.74, 6) is 1.96. The maximum Gasteiger partial charge on any atom is 0.130 e. The van der Waals surface area contributed by atoms with Crippen LogP contribution in [0.4, 0.5) is 11.5 Å². The molecule has 5 nitrogen and oxygen atoms in total. The SMILES string of the molecule is CC(Nc1ccc(N(C)C)nc1)c1nccn1C. The van der Waals surface area contributed by atoms with Gasteiger partial charge in [0, 0.05) is 33.5 Å². The lowest BCUT2D eigenvalue weighted by molar-refractivity contribution is 0.721. The zero-order valence-electron chi connectivity index (χ0n) is 11.3. The van der Waals surface area contributed by atoms with E-state index in [1.807, 2.05) is 55.1 Å². The highest BCUT2D eigenvalue weighted by atomic mass is 15.1. The Kier molecular flexibility index (Phi) is 3.50. The molecular weight excluding hydrogens is 226 g/mol. The lowest BCUT2D eigenvalue weighted by Crippen LogP contribution is -2.13. The lowest BCUT2D eigenvalue weighted by Gasteiger charge is -2.16. The third-order valence-corrected chi connectivity index (χ3v) is 2.83. The molecule has 2 aromatic heterocycles. The predicted molar refractivity (Wildman–Crippen MR) is 73.8 cm³/mol. The summed E-state index contributed by atoms with van der Waals surface area (Å²) in [4.78, 5) is 10.7. The van der Waals surface area contributed by atoms with Gasteiger partial charge in [0.1, 0.15) is 11.6 Å². The van der Waals surface area contributed by atoms with Crippen LogP contribution in [0.15, 0.2) is 30.7 Å². The van der Waals surface area contributed by atoms with Crippen molar-refractivity contribution in [2.24, 2.45) is 7.05 Å². The Labute approximate surface area is 107 Å². The van der Waals surface area contributed by atoms with Crippen LogP contribution in [0.25, 0.3) is 0 Å². The predicted octanol–water partition coefficient (Wildman–Crippen LogP) is 2.05. The number of hydrogen-bond acceptors (Lipinski definition) is 4. The molecule has 0 aliphatic carbocycles. The Balaban J connectivity index is 2.08. The topological polar surface area (TPSA) is 46.0 Å². The Bertz CT molecular complexity index is 500. The number of aromatic nitrogens is 3. The first-order valence-electron chi connectivity index (χ1n) is 5.95. The van der Waals surface area contributed by atoms with E-state index in [2.05, 4.69) is 22.2 Å². The van der Waals surface area contributed by atoms with Crippen molar-refractivity contribution in [2.75, 3.05) is 24.3 Å². The van der Waals surface area contributed by atoms with Crippen LogP contribution >= 0.6 is 0 Å². The van der Waals surface area contributed by atoms with E-state index in [1.165, 1.54) is 0 Å². The van der Waals surface area contributed by atoms with Gasteiger partial charge in [-0.05, 0) is 19.1 Å². The van der Waals surface area contributed by atoms with Crippen molar-refractivity contribution >= 4 is 11.5 Å². The number of pyridine rings is 1. The van der Waals surface area contributed by atoms with Gasteiger partial charge in [0.25, 0.3) is 0 Å². The van der Waals surface area contributed by atoms with Gasteiger partial charge in [-0.3, -0.25) is 0 Å². The fourth-order valence-electron chi connectivity index (χ4n) is 1.84. The zero-order chi connectivity index (χ0) is 13.1. The monoisotopic (exact) mass is 245 g/mol. The largest absolute Gasteiger partial charge is 0.374 e. The van der Waals surface area contributed by atoms with Crippen molar-refractivity contribution in [3.63, 3.8) is 0 Å². The molecule has 2 heterocycles. The average molecular weight is 245 g/mol. The van der Waals surface area contributed by atoms with Crippen molar-refractivity contribution in [1.82, 2.24) is 14.5 Å². The van der Waals surface area contributed by atoms with Crippen molar-refractivity contribution in [3.8, 4) is 0 Å². The third kappa shape index (κ3) is 2.61. The molecule has 1 N–H and O–H groups in total. The summed E-state index contributed by atoms with van der Waals surface area (Å²) in [5, 5.41) is 3.39. The molecule has 1 unspecified atom stereocenters. The summed E-state index contributed by atoms with van der Waals surface area (Å²) in [5.41, 5.74) is 0.996. The molecule has 5 heteroatoms. The van der Waals surface area contributed by atoms with E-state index in [0.29, 0.717) is 0 Å². The first-order chi connectivity index (χ1) is 8.58. The molecule has 0 amide bonds. The fourth-order valence-corrected chi connectivity index (χ4v) is 1.84. The summed E-state index contributed by atoms with van der Waals surface area (Å²) >= 11 is 0. The molecule has 0 spiro atoms. The van der Waals surface area contributed by atoms with Crippen LogP contribution in [0.5, 0.6) is 0 Å². The van der Waals surface area contributed by atoms with Gasteiger partial charge in [0.05, 0.1) is 17.9 Å². The van der Waals surface area contributed by atoms with Crippen molar-refractivity contribution in [1.29, 1.82) is 0 Å². The molecule has 0 saturated carbocycles. The number of aryl methyl sites for hydroxylation is 1. The smallest absolute Gasteiger partial charge is 0.130 e. The maximum atomic E-state index is 4.37. The molecule has 0 bridgehead atoms. The molecule has 0 saturated heterocycles. The first kappa shape index (κ1) is 12.4. The van der Waals surface area contributed by atoms with Crippen LogP contribution in [0.1, 0.15) is 18.8 Å². The van der Waals surface area contributed by atoms with Crippen LogP contribution in [0, 0.1) is 0 Å². The molecule has 1 atom stereocenters. The maximum absolute atomic E-state index is 4.37. The summed E-state index contributed by atoms with van der Waals surface area (Å²) < 4.78 is 2.01. The molecule has 0 aliphatic rings. The number of imidazole rings is 1. The molecular formula is C13H19N5. The summed E-state index contributed by atoms with van der Waals surface area (Å²) in [6.07, 6.45) is 5.59. The van der Waals surface area contributed by atoms with E-state index < -0.39 is 0 Å². The van der Waals surface area contributed by atoms with Crippen LogP contribution in [0.3, 0.4) is 0 Å². The van der Waals surface area contributed by atoms with Gasteiger partial charge in [0.2, 0.25) is 0 Å². The van der Waals surface area contributed by atoms with E-state index in [4.69, 9.17) is 0 Å². The minimum atomic E-state index is 0.150. The van der Waals surface area contributed by atoms with Gasteiger partial charge in [-0.1, -0.05) is 0 Å².